The van der Waals surface area contributed by atoms with E-state index in [2.05, 4.69) is 4.90 Å². The van der Waals surface area contributed by atoms with Crippen molar-refractivity contribution in [1.82, 2.24) is 0 Å². The van der Waals surface area contributed by atoms with Crippen molar-refractivity contribution in [3.63, 3.8) is 0 Å². The van der Waals surface area contributed by atoms with E-state index in [0.717, 1.165) is 31.6 Å². The number of nitrogens with zero attached hydrogens (tertiary/aromatic N) is 1. The molecule has 0 radical (unpaired) electrons. The molecule has 0 saturated carbocycles. The van der Waals surface area contributed by atoms with Crippen LogP contribution in [0.25, 0.3) is 0 Å². The second-order valence-electron chi connectivity index (χ2n) is 4.98. The van der Waals surface area contributed by atoms with Crippen LogP contribution in [0.2, 0.25) is 0 Å². The molecule has 1 atom stereocenters. The molecular weight excluding hydrogens is 286 g/mol. The third-order valence-electron chi connectivity index (χ3n) is 3.63. The normalized spacial score (nSPS) is 19.8. The van der Waals surface area contributed by atoms with Gasteiger partial charge in [0, 0.05) is 18.8 Å². The van der Waals surface area contributed by atoms with Crippen molar-refractivity contribution < 1.29 is 17.2 Å². The van der Waals surface area contributed by atoms with Crippen LogP contribution in [0.15, 0.2) is 29.2 Å². The number of benzene rings is 1. The van der Waals surface area contributed by atoms with Crippen LogP contribution in [0.3, 0.4) is 0 Å². The van der Waals surface area contributed by atoms with Crippen LogP contribution in [0.4, 0.5) is 14.5 Å². The molecule has 1 saturated heterocycles. The summed E-state index contributed by atoms with van der Waals surface area (Å²) in [5.41, 5.74) is 6.39. The van der Waals surface area contributed by atoms with E-state index in [4.69, 9.17) is 5.73 Å². The molecule has 0 aromatic heterocycles. The van der Waals surface area contributed by atoms with E-state index in [1.54, 1.807) is 12.1 Å². The second-order valence-corrected chi connectivity index (χ2v) is 6.90. The van der Waals surface area contributed by atoms with Crippen molar-refractivity contribution in [3.8, 4) is 0 Å². The maximum Gasteiger partial charge on any atom is 0.341 e. The van der Waals surface area contributed by atoms with Gasteiger partial charge < -0.3 is 10.6 Å². The molecule has 0 amide bonds. The van der Waals surface area contributed by atoms with Gasteiger partial charge in [0.25, 0.3) is 0 Å². The maximum atomic E-state index is 12.4. The van der Waals surface area contributed by atoms with Gasteiger partial charge >= 0.3 is 5.76 Å². The first-order chi connectivity index (χ1) is 9.45. The molecular formula is C13H18F2N2O2S. The predicted molar refractivity (Wildman–Crippen MR) is 73.6 cm³/mol. The molecule has 4 nitrogen and oxygen atoms in total. The quantitative estimate of drug-likeness (QED) is 0.902. The lowest BCUT2D eigenvalue weighted by Gasteiger charge is -2.19. The average molecular weight is 304 g/mol. The number of alkyl halides is 2. The topological polar surface area (TPSA) is 63.4 Å². The monoisotopic (exact) mass is 304 g/mol. The Labute approximate surface area is 117 Å². The van der Waals surface area contributed by atoms with Gasteiger partial charge in [-0.05, 0) is 49.6 Å². The Bertz CT molecular complexity index is 546. The molecule has 2 N–H and O–H groups in total. The first-order valence-electron chi connectivity index (χ1n) is 6.52. The Kier molecular flexibility index (Phi) is 4.59. The van der Waals surface area contributed by atoms with E-state index in [1.807, 2.05) is 0 Å². The van der Waals surface area contributed by atoms with Gasteiger partial charge in [0.1, 0.15) is 0 Å². The number of nitrogens with two attached hydrogens (primary N) is 1. The van der Waals surface area contributed by atoms with Crippen LogP contribution < -0.4 is 10.6 Å². The minimum atomic E-state index is -4.50. The van der Waals surface area contributed by atoms with Crippen LogP contribution in [0, 0.1) is 5.92 Å². The molecule has 1 heterocycles. The Morgan fingerprint density at radius 1 is 1.30 bits per heavy atom. The zero-order valence-electron chi connectivity index (χ0n) is 11.0. The highest BCUT2D eigenvalue weighted by atomic mass is 32.2. The summed E-state index contributed by atoms with van der Waals surface area (Å²) in [4.78, 5) is 1.79. The third kappa shape index (κ3) is 3.09. The maximum absolute atomic E-state index is 12.4. The van der Waals surface area contributed by atoms with Gasteiger partial charge in [-0.2, -0.15) is 8.78 Å². The summed E-state index contributed by atoms with van der Waals surface area (Å²) in [6.07, 6.45) is 2.02. The van der Waals surface area contributed by atoms with E-state index in [0.29, 0.717) is 12.5 Å². The van der Waals surface area contributed by atoms with E-state index < -0.39 is 15.6 Å². The van der Waals surface area contributed by atoms with Gasteiger partial charge in [-0.1, -0.05) is 0 Å². The number of halogens is 2. The van der Waals surface area contributed by atoms with Crippen molar-refractivity contribution in [2.45, 2.75) is 23.5 Å². The third-order valence-corrected chi connectivity index (χ3v) is 5.02. The highest BCUT2D eigenvalue weighted by molar-refractivity contribution is 7.91. The lowest BCUT2D eigenvalue weighted by atomic mass is 10.1. The van der Waals surface area contributed by atoms with Crippen molar-refractivity contribution in [3.05, 3.63) is 24.3 Å². The van der Waals surface area contributed by atoms with Crippen molar-refractivity contribution in [1.29, 1.82) is 0 Å². The molecule has 20 heavy (non-hydrogen) atoms. The molecule has 0 spiro atoms. The van der Waals surface area contributed by atoms with Crippen LogP contribution in [-0.2, 0) is 9.84 Å². The lowest BCUT2D eigenvalue weighted by Crippen LogP contribution is -2.20. The van der Waals surface area contributed by atoms with Gasteiger partial charge in [-0.3, -0.25) is 0 Å². The van der Waals surface area contributed by atoms with Crippen LogP contribution >= 0.6 is 0 Å². The molecule has 112 valence electrons. The summed E-state index contributed by atoms with van der Waals surface area (Å²) < 4.78 is 47.5. The molecule has 7 heteroatoms. The van der Waals surface area contributed by atoms with Gasteiger partial charge in [-0.15, -0.1) is 0 Å². The van der Waals surface area contributed by atoms with E-state index in [9.17, 15) is 17.2 Å². The first kappa shape index (κ1) is 15.2. The van der Waals surface area contributed by atoms with Crippen LogP contribution in [-0.4, -0.2) is 33.8 Å². The SMILES string of the molecule is NCCC1CCN(c2ccc(S(=O)(=O)C(F)F)cc2)C1. The Hall–Kier alpha value is -1.21. The number of hydrogen-bond acceptors (Lipinski definition) is 4. The zero-order valence-corrected chi connectivity index (χ0v) is 11.8. The van der Waals surface area contributed by atoms with Crippen molar-refractivity contribution >= 4 is 15.5 Å². The smallest absolute Gasteiger partial charge is 0.341 e. The largest absolute Gasteiger partial charge is 0.371 e. The summed E-state index contributed by atoms with van der Waals surface area (Å²) in [5.74, 6) is -2.83. The van der Waals surface area contributed by atoms with E-state index >= 15 is 0 Å². The summed E-state index contributed by atoms with van der Waals surface area (Å²) in [6, 6.07) is 5.65. The number of sulfone groups is 1. The minimum absolute atomic E-state index is 0.339. The fourth-order valence-electron chi connectivity index (χ4n) is 2.49. The Balaban J connectivity index is 2.10. The number of anilines is 1. The standard InChI is InChI=1S/C13H18F2N2O2S/c14-13(15)20(18,19)12-3-1-11(2-4-12)17-8-6-10(9-17)5-7-16/h1-4,10,13H,5-9,16H2. The minimum Gasteiger partial charge on any atom is -0.371 e. The van der Waals surface area contributed by atoms with E-state index in [1.165, 1.54) is 12.1 Å². The fourth-order valence-corrected chi connectivity index (χ4v) is 3.21. The second kappa shape index (κ2) is 6.05. The molecule has 0 bridgehead atoms. The van der Waals surface area contributed by atoms with Gasteiger partial charge in [0.05, 0.1) is 4.90 Å². The molecule has 1 unspecified atom stereocenters. The summed E-state index contributed by atoms with van der Waals surface area (Å²) in [5, 5.41) is 0. The lowest BCUT2D eigenvalue weighted by molar-refractivity contribution is 0.234. The van der Waals surface area contributed by atoms with Crippen molar-refractivity contribution in [2.24, 2.45) is 11.7 Å². The number of rotatable bonds is 5. The first-order valence-corrected chi connectivity index (χ1v) is 8.07. The van der Waals surface area contributed by atoms with Crippen molar-refractivity contribution in [2.75, 3.05) is 24.5 Å². The van der Waals surface area contributed by atoms with Gasteiger partial charge in [0.15, 0.2) is 0 Å². The average Bonchev–Trinajstić information content (AvgIpc) is 2.88. The summed E-state index contributed by atoms with van der Waals surface area (Å²) in [7, 11) is -4.50. The zero-order chi connectivity index (χ0) is 14.8. The molecule has 1 aliphatic rings. The molecule has 1 aliphatic heterocycles. The van der Waals surface area contributed by atoms with Crippen LogP contribution in [0.5, 0.6) is 0 Å². The molecule has 0 aliphatic carbocycles. The van der Waals surface area contributed by atoms with Crippen LogP contribution in [0.1, 0.15) is 12.8 Å². The number of hydrogen-bond donors (Lipinski definition) is 1. The fraction of sp³-hybridized carbons (Fsp3) is 0.538. The highest BCUT2D eigenvalue weighted by Crippen LogP contribution is 2.27. The highest BCUT2D eigenvalue weighted by Gasteiger charge is 2.27. The van der Waals surface area contributed by atoms with Gasteiger partial charge in [0.2, 0.25) is 9.84 Å². The van der Waals surface area contributed by atoms with Gasteiger partial charge in [-0.25, -0.2) is 8.42 Å². The Morgan fingerprint density at radius 2 is 1.95 bits per heavy atom. The van der Waals surface area contributed by atoms with E-state index in [-0.39, 0.29) is 4.90 Å². The molecule has 1 aromatic carbocycles. The molecule has 1 aromatic rings. The summed E-state index contributed by atoms with van der Waals surface area (Å²) >= 11 is 0. The Morgan fingerprint density at radius 3 is 2.50 bits per heavy atom. The summed E-state index contributed by atoms with van der Waals surface area (Å²) in [6.45, 7) is 2.41. The predicted octanol–water partition coefficient (Wildman–Crippen LogP) is 1.86. The molecule has 1 fully saturated rings. The molecule has 2 rings (SSSR count).